The first-order chi connectivity index (χ1) is 12.6. The summed E-state index contributed by atoms with van der Waals surface area (Å²) in [7, 11) is 0. The van der Waals surface area contributed by atoms with E-state index in [4.69, 9.17) is 22.6 Å². The van der Waals surface area contributed by atoms with Crippen LogP contribution < -0.4 is 17.2 Å². The number of hydrogen-bond donors (Lipinski definition) is 4. The molecule has 1 aromatic rings. The van der Waals surface area contributed by atoms with Crippen LogP contribution in [0.5, 0.6) is 0 Å². The van der Waals surface area contributed by atoms with Gasteiger partial charge in [-0.1, -0.05) is 38.1 Å². The number of nitrogen functional groups attached to an aromatic ring is 1. The number of fused-ring (bicyclic) bond motifs is 1. The molecule has 1 saturated carbocycles. The molecule has 1 aromatic carbocycles. The first-order valence-electron chi connectivity index (χ1n) is 9.54. The van der Waals surface area contributed by atoms with E-state index >= 15 is 0 Å². The minimum atomic E-state index is -0.815. The van der Waals surface area contributed by atoms with E-state index in [-0.39, 0.29) is 47.0 Å². The normalized spacial score (nSPS) is 27.9. The number of hydrogen-bond acceptors (Lipinski definition) is 4. The maximum absolute atomic E-state index is 13.5. The lowest BCUT2D eigenvalue weighted by Gasteiger charge is -2.40. The lowest BCUT2D eigenvalue weighted by Crippen LogP contribution is -2.67. The van der Waals surface area contributed by atoms with Crippen LogP contribution in [0.4, 0.5) is 0 Å². The smallest absolute Gasteiger partial charge is 0.331 e. The van der Waals surface area contributed by atoms with Gasteiger partial charge in [0.05, 0.1) is 6.54 Å². The molecule has 0 radical (unpaired) electrons. The minimum Gasteiger partial charge on any atom is -0.384 e. The molecule has 29 heavy (non-hydrogen) atoms. The number of likely N-dealkylation sites (tertiary alicyclic amines) is 1. The van der Waals surface area contributed by atoms with Gasteiger partial charge in [0, 0.05) is 29.9 Å². The van der Waals surface area contributed by atoms with Gasteiger partial charge in [-0.05, 0) is 12.3 Å². The summed E-state index contributed by atoms with van der Waals surface area (Å²) in [5.74, 6) is -0.0196. The summed E-state index contributed by atoms with van der Waals surface area (Å²) in [5, 5.41) is 7.53. The van der Waals surface area contributed by atoms with Crippen molar-refractivity contribution < 1.29 is 14.1 Å². The van der Waals surface area contributed by atoms with Crippen molar-refractivity contribution in [3.05, 3.63) is 35.4 Å². The van der Waals surface area contributed by atoms with Gasteiger partial charge in [-0.15, -0.1) is 24.8 Å². The van der Waals surface area contributed by atoms with E-state index < -0.39 is 17.5 Å². The Bertz CT molecular complexity index is 786. The Labute approximate surface area is 184 Å². The third-order valence-electron chi connectivity index (χ3n) is 6.30. The topological polar surface area (TPSA) is 136 Å². The third kappa shape index (κ3) is 4.14. The third-order valence-corrected chi connectivity index (χ3v) is 6.30. The molecule has 162 valence electrons. The zero-order valence-corrected chi connectivity index (χ0v) is 18.5. The first-order valence-corrected chi connectivity index (χ1v) is 9.54. The Morgan fingerprint density at radius 2 is 1.79 bits per heavy atom. The molecule has 9 heteroatoms. The van der Waals surface area contributed by atoms with Gasteiger partial charge in [-0.3, -0.25) is 10.2 Å². The molecule has 0 bridgehead atoms. The molecule has 1 aliphatic carbocycles. The molecular weight excluding hydrogens is 413 g/mol. The van der Waals surface area contributed by atoms with Crippen molar-refractivity contribution in [3.8, 4) is 0 Å². The van der Waals surface area contributed by atoms with E-state index in [0.717, 1.165) is 12.0 Å². The zero-order valence-electron chi connectivity index (χ0n) is 16.9. The Balaban J connectivity index is 0.00000210. The van der Waals surface area contributed by atoms with Crippen molar-refractivity contribution in [2.24, 2.45) is 29.0 Å². The fourth-order valence-corrected chi connectivity index (χ4v) is 4.90. The van der Waals surface area contributed by atoms with Crippen LogP contribution >= 0.6 is 24.8 Å². The zero-order chi connectivity index (χ0) is 20.0. The fraction of sp³-hybridized carbons (Fsp3) is 0.550. The molecule has 2 amide bonds. The van der Waals surface area contributed by atoms with E-state index in [9.17, 15) is 9.59 Å². The van der Waals surface area contributed by atoms with Gasteiger partial charge in [-0.25, -0.2) is 9.28 Å². The summed E-state index contributed by atoms with van der Waals surface area (Å²) >= 11 is 0. The number of amides is 2. The van der Waals surface area contributed by atoms with Crippen molar-refractivity contribution >= 4 is 42.5 Å². The van der Waals surface area contributed by atoms with Crippen LogP contribution in [0.25, 0.3) is 0 Å². The first kappa shape index (κ1) is 25.4. The highest BCUT2D eigenvalue weighted by Crippen LogP contribution is 2.61. The van der Waals surface area contributed by atoms with Crippen LogP contribution in [0.15, 0.2) is 24.3 Å². The Morgan fingerprint density at radius 1 is 1.21 bits per heavy atom. The van der Waals surface area contributed by atoms with Crippen molar-refractivity contribution in [1.29, 1.82) is 5.41 Å². The van der Waals surface area contributed by atoms with Crippen LogP contribution in [0.2, 0.25) is 0 Å². The monoisotopic (exact) mass is 444 g/mol. The van der Waals surface area contributed by atoms with Crippen molar-refractivity contribution in [2.75, 3.05) is 6.54 Å². The number of halogens is 2. The van der Waals surface area contributed by atoms with E-state index in [2.05, 4.69) is 0 Å². The van der Waals surface area contributed by atoms with E-state index in [1.807, 2.05) is 26.0 Å². The average molecular weight is 445 g/mol. The number of carbonyl (C=O) groups excluding carboxylic acids is 2. The summed E-state index contributed by atoms with van der Waals surface area (Å²) in [6.07, 6.45) is 2.06. The summed E-state index contributed by atoms with van der Waals surface area (Å²) in [5.41, 5.74) is 18.3. The molecule has 1 unspecified atom stereocenters. The van der Waals surface area contributed by atoms with Crippen LogP contribution in [-0.2, 0) is 16.1 Å². The lowest BCUT2D eigenvalue weighted by molar-refractivity contribution is -0.885. The molecule has 3 rings (SSSR count). The van der Waals surface area contributed by atoms with Crippen LogP contribution in [0, 0.1) is 17.2 Å². The quantitative estimate of drug-likeness (QED) is 0.288. The Morgan fingerprint density at radius 3 is 2.24 bits per heavy atom. The number of rotatable bonds is 7. The van der Waals surface area contributed by atoms with Gasteiger partial charge in [0.25, 0.3) is 5.91 Å². The number of nitrogens with one attached hydrogen (secondary N) is 1. The molecule has 0 aromatic heterocycles. The van der Waals surface area contributed by atoms with Gasteiger partial charge in [0.2, 0.25) is 0 Å². The molecule has 0 spiro atoms. The molecule has 1 heterocycles. The number of carbonyl (C=O) groups is 2. The van der Waals surface area contributed by atoms with E-state index in [1.165, 1.54) is 0 Å². The number of primary amides is 1. The molecule has 7 N–H and O–H groups in total. The maximum atomic E-state index is 13.5. The van der Waals surface area contributed by atoms with Gasteiger partial charge in [0.1, 0.15) is 18.4 Å². The summed E-state index contributed by atoms with van der Waals surface area (Å²) in [4.78, 5) is 25.9. The molecule has 2 aliphatic rings. The summed E-state index contributed by atoms with van der Waals surface area (Å²) < 4.78 is 0.0281. The summed E-state index contributed by atoms with van der Waals surface area (Å²) in [6.45, 7) is 5.05. The minimum absolute atomic E-state index is 0. The molecule has 1 saturated heterocycles. The van der Waals surface area contributed by atoms with Crippen LogP contribution in [0.3, 0.4) is 0 Å². The van der Waals surface area contributed by atoms with Crippen molar-refractivity contribution in [2.45, 2.75) is 51.2 Å². The fourth-order valence-electron chi connectivity index (χ4n) is 4.90. The van der Waals surface area contributed by atoms with Gasteiger partial charge in [0.15, 0.2) is 5.54 Å². The summed E-state index contributed by atoms with van der Waals surface area (Å²) in [6, 6.07) is 6.65. The van der Waals surface area contributed by atoms with Gasteiger partial charge < -0.3 is 17.2 Å². The second-order valence-electron chi connectivity index (χ2n) is 8.51. The number of piperidine rings is 1. The SMILES string of the molecule is CC(C)C[C@@H](N)C(=O)[N+]1(Cc2ccc(C(=N)N)cc2)CC[C@@H]2C[C@@]21C(N)=O.Cl.Cl. The highest BCUT2D eigenvalue weighted by Gasteiger charge is 2.79. The van der Waals surface area contributed by atoms with E-state index in [1.54, 1.807) is 12.1 Å². The van der Waals surface area contributed by atoms with Gasteiger partial charge in [-0.2, -0.15) is 0 Å². The molecule has 2 fully saturated rings. The van der Waals surface area contributed by atoms with E-state index in [0.29, 0.717) is 37.4 Å². The molecule has 1 aliphatic heterocycles. The predicted molar refractivity (Wildman–Crippen MR) is 118 cm³/mol. The number of benzene rings is 1. The number of nitrogens with two attached hydrogens (primary N) is 3. The predicted octanol–water partition coefficient (Wildman–Crippen LogP) is 1.68. The Hall–Kier alpha value is -1.67. The molecular formula is C20H32Cl2N5O2+. The number of amidine groups is 1. The average Bonchev–Trinajstić information content (AvgIpc) is 3.27. The van der Waals surface area contributed by atoms with Crippen LogP contribution in [0.1, 0.15) is 44.2 Å². The van der Waals surface area contributed by atoms with Crippen LogP contribution in [-0.4, -0.2) is 40.3 Å². The molecule has 7 nitrogen and oxygen atoms in total. The second kappa shape index (κ2) is 9.00. The Kier molecular flexibility index (Phi) is 7.87. The maximum Gasteiger partial charge on any atom is 0.331 e. The lowest BCUT2D eigenvalue weighted by atomic mass is 9.99. The second-order valence-corrected chi connectivity index (χ2v) is 8.51. The van der Waals surface area contributed by atoms with Crippen molar-refractivity contribution in [3.63, 3.8) is 0 Å². The molecule has 4 atom stereocenters. The van der Waals surface area contributed by atoms with Crippen molar-refractivity contribution in [1.82, 2.24) is 0 Å². The standard InChI is InChI=1S/C20H29N5O2.2ClH/c1-12(2)9-16(21)18(26)25(8-7-15-10-20(15,25)19(24)27)11-13-3-5-14(6-4-13)17(22)23;;/h3-6,12,15-16H,7-11,21H2,1-2H3,(H4-,22,23,24,27);2*1H/p+1/t15-,16-,20+,25?;;/m1../s1. The largest absolute Gasteiger partial charge is 0.384 e. The highest BCUT2D eigenvalue weighted by molar-refractivity contribution is 5.95. The number of nitrogens with zero attached hydrogens (tertiary/aromatic N) is 1. The van der Waals surface area contributed by atoms with Gasteiger partial charge >= 0.3 is 5.91 Å². The number of quaternary nitrogens is 1. The highest BCUT2D eigenvalue weighted by atomic mass is 35.5.